The highest BCUT2D eigenvalue weighted by Gasteiger charge is 2.38. The van der Waals surface area contributed by atoms with Gasteiger partial charge in [-0.05, 0) is 37.8 Å². The first kappa shape index (κ1) is 15.8. The molecule has 0 aliphatic heterocycles. The van der Waals surface area contributed by atoms with E-state index in [0.717, 1.165) is 18.4 Å². The number of para-hydroxylation sites is 1. The summed E-state index contributed by atoms with van der Waals surface area (Å²) >= 11 is 0. The van der Waals surface area contributed by atoms with Crippen LogP contribution in [0.2, 0.25) is 0 Å². The Kier molecular flexibility index (Phi) is 5.20. The average Bonchev–Trinajstić information content (AvgIpc) is 3.24. The van der Waals surface area contributed by atoms with Gasteiger partial charge in [-0.2, -0.15) is 0 Å². The minimum absolute atomic E-state index is 0.0659. The van der Waals surface area contributed by atoms with Gasteiger partial charge in [-0.15, -0.1) is 0 Å². The van der Waals surface area contributed by atoms with Crippen molar-refractivity contribution in [1.29, 1.82) is 0 Å². The number of carboxylic acids is 1. The number of aliphatic hydroxyl groups is 1. The van der Waals surface area contributed by atoms with Gasteiger partial charge in [0.2, 0.25) is 0 Å². The van der Waals surface area contributed by atoms with Crippen LogP contribution in [-0.4, -0.2) is 41.0 Å². The van der Waals surface area contributed by atoms with Crippen LogP contribution in [0.3, 0.4) is 0 Å². The summed E-state index contributed by atoms with van der Waals surface area (Å²) in [6.07, 6.45) is 3.02. The molecule has 0 heterocycles. The van der Waals surface area contributed by atoms with Crippen molar-refractivity contribution in [1.82, 2.24) is 5.32 Å². The molecule has 1 aliphatic carbocycles. The number of carboxylic acid groups (broad SMARTS) is 1. The predicted molar refractivity (Wildman–Crippen MR) is 79.5 cm³/mol. The summed E-state index contributed by atoms with van der Waals surface area (Å²) in [5.74, 6) is -0.132. The average molecular weight is 293 g/mol. The van der Waals surface area contributed by atoms with E-state index in [0.29, 0.717) is 31.2 Å². The molecular formula is C16H23NO4. The third-order valence-corrected chi connectivity index (χ3v) is 3.79. The fraction of sp³-hybridized carbons (Fsp3) is 0.562. The highest BCUT2D eigenvalue weighted by Crippen LogP contribution is 2.25. The number of aliphatic hydroxyl groups excluding tert-OH is 1. The van der Waals surface area contributed by atoms with Crippen LogP contribution in [0.15, 0.2) is 24.3 Å². The Morgan fingerprint density at radius 3 is 2.76 bits per heavy atom. The topological polar surface area (TPSA) is 78.8 Å². The van der Waals surface area contributed by atoms with Crippen LogP contribution in [0.4, 0.5) is 0 Å². The Bertz CT molecular complexity index is 487. The number of ether oxygens (including phenoxy) is 1. The van der Waals surface area contributed by atoms with Crippen molar-refractivity contribution in [2.45, 2.75) is 44.2 Å². The number of nitrogens with one attached hydrogen (secondary N) is 1. The molecule has 5 nitrogen and oxygen atoms in total. The molecule has 5 heteroatoms. The van der Waals surface area contributed by atoms with Gasteiger partial charge in [-0.25, -0.2) is 0 Å². The number of aliphatic carboxylic acids is 1. The van der Waals surface area contributed by atoms with E-state index in [1.54, 1.807) is 6.92 Å². The number of carbonyl (C=O) groups is 1. The fourth-order valence-electron chi connectivity index (χ4n) is 2.26. The molecule has 1 aromatic rings. The molecule has 1 unspecified atom stereocenters. The lowest BCUT2D eigenvalue weighted by molar-refractivity contribution is -0.144. The van der Waals surface area contributed by atoms with Crippen LogP contribution in [-0.2, 0) is 11.2 Å². The molecule has 2 rings (SSSR count). The Labute approximate surface area is 124 Å². The predicted octanol–water partition coefficient (Wildman–Crippen LogP) is 1.59. The van der Waals surface area contributed by atoms with Gasteiger partial charge >= 0.3 is 5.97 Å². The molecule has 1 saturated carbocycles. The molecule has 1 atom stereocenters. The lowest BCUT2D eigenvalue weighted by Crippen LogP contribution is -2.51. The maximum Gasteiger partial charge on any atom is 0.323 e. The second-order valence-electron chi connectivity index (χ2n) is 5.74. The van der Waals surface area contributed by atoms with Gasteiger partial charge in [-0.1, -0.05) is 18.2 Å². The second kappa shape index (κ2) is 6.91. The van der Waals surface area contributed by atoms with Gasteiger partial charge < -0.3 is 14.9 Å². The van der Waals surface area contributed by atoms with Crippen molar-refractivity contribution in [2.24, 2.45) is 0 Å². The summed E-state index contributed by atoms with van der Waals surface area (Å²) in [6, 6.07) is 7.85. The Morgan fingerprint density at radius 2 is 2.14 bits per heavy atom. The normalized spacial score (nSPS) is 17.2. The van der Waals surface area contributed by atoms with Crippen LogP contribution >= 0.6 is 0 Å². The first-order chi connectivity index (χ1) is 10.0. The van der Waals surface area contributed by atoms with E-state index in [1.165, 1.54) is 0 Å². The summed E-state index contributed by atoms with van der Waals surface area (Å²) in [7, 11) is 0. The molecule has 3 N–H and O–H groups in total. The van der Waals surface area contributed by atoms with Crippen LogP contribution < -0.4 is 10.1 Å². The number of benzene rings is 1. The molecule has 0 bridgehead atoms. The lowest BCUT2D eigenvalue weighted by Gasteiger charge is -2.26. The molecule has 0 amide bonds. The van der Waals surface area contributed by atoms with Gasteiger partial charge in [-0.3, -0.25) is 10.1 Å². The monoisotopic (exact) mass is 293 g/mol. The molecule has 0 radical (unpaired) electrons. The van der Waals surface area contributed by atoms with Gasteiger partial charge in [0, 0.05) is 19.1 Å². The smallest absolute Gasteiger partial charge is 0.323 e. The zero-order valence-electron chi connectivity index (χ0n) is 12.3. The van der Waals surface area contributed by atoms with E-state index >= 15 is 0 Å². The summed E-state index contributed by atoms with van der Waals surface area (Å²) in [4.78, 5) is 11.4. The lowest BCUT2D eigenvalue weighted by atomic mass is 9.98. The first-order valence-electron chi connectivity index (χ1n) is 7.38. The second-order valence-corrected chi connectivity index (χ2v) is 5.74. The molecular weight excluding hydrogens is 270 g/mol. The maximum absolute atomic E-state index is 11.4. The minimum atomic E-state index is -0.951. The first-order valence-corrected chi connectivity index (χ1v) is 7.38. The quantitative estimate of drug-likeness (QED) is 0.644. The molecule has 0 aromatic heterocycles. The van der Waals surface area contributed by atoms with E-state index in [4.69, 9.17) is 9.84 Å². The van der Waals surface area contributed by atoms with Gasteiger partial charge in [0.15, 0.2) is 0 Å². The van der Waals surface area contributed by atoms with E-state index in [1.807, 2.05) is 24.3 Å². The van der Waals surface area contributed by atoms with Gasteiger partial charge in [0.05, 0.1) is 6.61 Å². The molecule has 21 heavy (non-hydrogen) atoms. The van der Waals surface area contributed by atoms with Crippen LogP contribution in [0.25, 0.3) is 0 Å². The summed E-state index contributed by atoms with van der Waals surface area (Å²) in [5, 5.41) is 21.6. The zero-order valence-corrected chi connectivity index (χ0v) is 12.3. The standard InChI is InChI=1S/C16H23NO4/c1-16(15(19)20,17-13-6-7-13)9-11-21-14-5-3-2-4-12(14)8-10-18/h2-5,13,17-18H,6-11H2,1H3,(H,19,20). The molecule has 0 spiro atoms. The van der Waals surface area contributed by atoms with Crippen molar-refractivity contribution in [3.8, 4) is 5.75 Å². The van der Waals surface area contributed by atoms with Crippen molar-refractivity contribution >= 4 is 5.97 Å². The maximum atomic E-state index is 11.4. The molecule has 1 aromatic carbocycles. The van der Waals surface area contributed by atoms with Crippen molar-refractivity contribution in [3.05, 3.63) is 29.8 Å². The number of hydrogen-bond donors (Lipinski definition) is 3. The third-order valence-electron chi connectivity index (χ3n) is 3.79. The van der Waals surface area contributed by atoms with Crippen LogP contribution in [0.1, 0.15) is 31.7 Å². The molecule has 1 aliphatic rings. The van der Waals surface area contributed by atoms with Crippen molar-refractivity contribution < 1.29 is 19.7 Å². The zero-order chi connectivity index (χ0) is 15.3. The van der Waals surface area contributed by atoms with Crippen molar-refractivity contribution in [2.75, 3.05) is 13.2 Å². The van der Waals surface area contributed by atoms with E-state index in [2.05, 4.69) is 5.32 Å². The molecule has 0 saturated heterocycles. The number of hydrogen-bond acceptors (Lipinski definition) is 4. The Morgan fingerprint density at radius 1 is 1.43 bits per heavy atom. The van der Waals surface area contributed by atoms with Crippen molar-refractivity contribution in [3.63, 3.8) is 0 Å². The summed E-state index contributed by atoms with van der Waals surface area (Å²) < 4.78 is 5.72. The van der Waals surface area contributed by atoms with Gasteiger partial charge in [0.1, 0.15) is 11.3 Å². The van der Waals surface area contributed by atoms with Crippen LogP contribution in [0, 0.1) is 0 Å². The summed E-state index contributed by atoms with van der Waals surface area (Å²) in [6.45, 7) is 2.10. The Hall–Kier alpha value is -1.59. The SMILES string of the molecule is CC(CCOc1ccccc1CCO)(NC1CC1)C(=O)O. The Balaban J connectivity index is 1.91. The van der Waals surface area contributed by atoms with E-state index in [9.17, 15) is 9.90 Å². The summed E-state index contributed by atoms with van der Waals surface area (Å²) in [5.41, 5.74) is -0.0141. The minimum Gasteiger partial charge on any atom is -0.493 e. The van der Waals surface area contributed by atoms with E-state index in [-0.39, 0.29) is 6.61 Å². The highest BCUT2D eigenvalue weighted by atomic mass is 16.5. The molecule has 1 fully saturated rings. The van der Waals surface area contributed by atoms with E-state index < -0.39 is 11.5 Å². The number of rotatable bonds is 9. The molecule has 116 valence electrons. The third kappa shape index (κ3) is 4.44. The fourth-order valence-corrected chi connectivity index (χ4v) is 2.26. The highest BCUT2D eigenvalue weighted by molar-refractivity contribution is 5.78. The van der Waals surface area contributed by atoms with Crippen LogP contribution in [0.5, 0.6) is 5.75 Å². The van der Waals surface area contributed by atoms with Gasteiger partial charge in [0.25, 0.3) is 0 Å². The largest absolute Gasteiger partial charge is 0.493 e.